The summed E-state index contributed by atoms with van der Waals surface area (Å²) < 4.78 is 0.828. The molecular weight excluding hydrogens is 288 g/mol. The molecule has 6 heteroatoms. The van der Waals surface area contributed by atoms with Gasteiger partial charge in [-0.25, -0.2) is 4.98 Å². The van der Waals surface area contributed by atoms with Gasteiger partial charge in [0, 0.05) is 23.5 Å². The van der Waals surface area contributed by atoms with Crippen LogP contribution < -0.4 is 5.32 Å². The third-order valence-electron chi connectivity index (χ3n) is 2.05. The lowest BCUT2D eigenvalue weighted by Crippen LogP contribution is -2.17. The van der Waals surface area contributed by atoms with E-state index >= 15 is 0 Å². The first-order valence-electron chi connectivity index (χ1n) is 5.10. The third-order valence-corrected chi connectivity index (χ3v) is 2.52. The number of nitrogens with one attached hydrogen (secondary N) is 1. The highest BCUT2D eigenvalue weighted by Gasteiger charge is 2.12. The van der Waals surface area contributed by atoms with Gasteiger partial charge < -0.3 is 10.4 Å². The van der Waals surface area contributed by atoms with Crippen LogP contribution in [-0.4, -0.2) is 22.0 Å². The summed E-state index contributed by atoms with van der Waals surface area (Å²) >= 11 is 3.24. The number of pyridine rings is 1. The van der Waals surface area contributed by atoms with Gasteiger partial charge in [0.2, 0.25) is 5.91 Å². The number of carbonyl (C=O) groups excluding carboxylic acids is 1. The van der Waals surface area contributed by atoms with E-state index in [1.807, 2.05) is 0 Å². The van der Waals surface area contributed by atoms with E-state index in [2.05, 4.69) is 26.2 Å². The highest BCUT2D eigenvalue weighted by atomic mass is 79.9. The van der Waals surface area contributed by atoms with Crippen LogP contribution in [0.25, 0.3) is 0 Å². The van der Waals surface area contributed by atoms with E-state index in [-0.39, 0.29) is 24.7 Å². The van der Waals surface area contributed by atoms with Gasteiger partial charge in [0.15, 0.2) is 0 Å². The van der Waals surface area contributed by atoms with Crippen LogP contribution in [0.1, 0.15) is 19.8 Å². The lowest BCUT2D eigenvalue weighted by atomic mass is 10.0. The van der Waals surface area contributed by atoms with Crippen molar-refractivity contribution < 1.29 is 14.7 Å². The third kappa shape index (κ3) is 5.44. The van der Waals surface area contributed by atoms with Crippen LogP contribution in [0, 0.1) is 5.92 Å². The van der Waals surface area contributed by atoms with Crippen molar-refractivity contribution in [2.75, 3.05) is 5.32 Å². The first-order chi connectivity index (χ1) is 7.97. The summed E-state index contributed by atoms with van der Waals surface area (Å²) in [7, 11) is 0. The zero-order valence-corrected chi connectivity index (χ0v) is 10.9. The minimum absolute atomic E-state index is 0.0127. The molecule has 0 bridgehead atoms. The topological polar surface area (TPSA) is 79.3 Å². The van der Waals surface area contributed by atoms with Gasteiger partial charge in [0.05, 0.1) is 0 Å². The van der Waals surface area contributed by atoms with Gasteiger partial charge in [0.1, 0.15) is 5.82 Å². The predicted molar refractivity (Wildman–Crippen MR) is 66.6 cm³/mol. The van der Waals surface area contributed by atoms with Crippen LogP contribution in [0.15, 0.2) is 22.8 Å². The maximum Gasteiger partial charge on any atom is 0.303 e. The van der Waals surface area contributed by atoms with Gasteiger partial charge >= 0.3 is 5.97 Å². The molecule has 0 aliphatic heterocycles. The Morgan fingerprint density at radius 1 is 1.47 bits per heavy atom. The summed E-state index contributed by atoms with van der Waals surface area (Å²) in [5.41, 5.74) is 0. The molecule has 0 saturated heterocycles. The van der Waals surface area contributed by atoms with Crippen molar-refractivity contribution in [2.24, 2.45) is 5.92 Å². The van der Waals surface area contributed by atoms with Crippen molar-refractivity contribution in [3.05, 3.63) is 22.8 Å². The number of rotatable bonds is 5. The number of hydrogen-bond acceptors (Lipinski definition) is 3. The maximum atomic E-state index is 11.5. The van der Waals surface area contributed by atoms with Gasteiger partial charge in [-0.3, -0.25) is 9.59 Å². The van der Waals surface area contributed by atoms with E-state index < -0.39 is 5.97 Å². The van der Waals surface area contributed by atoms with Crippen molar-refractivity contribution in [2.45, 2.75) is 19.8 Å². The number of amides is 1. The standard InChI is InChI=1S/C11H13BrN2O3/c1-7(5-11(16)17)4-10(15)14-9-3-2-8(12)6-13-9/h2-3,6-7H,4-5H2,1H3,(H,16,17)(H,13,14,15). The quantitative estimate of drug-likeness (QED) is 0.874. The molecular formula is C11H13BrN2O3. The van der Waals surface area contributed by atoms with Gasteiger partial charge in [-0.1, -0.05) is 6.92 Å². The minimum atomic E-state index is -0.896. The number of hydrogen-bond donors (Lipinski definition) is 2. The Labute approximate surface area is 107 Å². The van der Waals surface area contributed by atoms with E-state index in [9.17, 15) is 9.59 Å². The molecule has 92 valence electrons. The van der Waals surface area contributed by atoms with Crippen molar-refractivity contribution in [3.8, 4) is 0 Å². The Morgan fingerprint density at radius 2 is 2.18 bits per heavy atom. The second-order valence-electron chi connectivity index (χ2n) is 3.82. The molecule has 2 N–H and O–H groups in total. The number of carboxylic acids is 1. The summed E-state index contributed by atoms with van der Waals surface area (Å²) in [6.07, 6.45) is 1.74. The number of carbonyl (C=O) groups is 2. The van der Waals surface area contributed by atoms with Gasteiger partial charge in [-0.05, 0) is 34.0 Å². The van der Waals surface area contributed by atoms with Crippen molar-refractivity contribution in [1.82, 2.24) is 4.98 Å². The Kier molecular flexibility index (Phi) is 5.09. The fourth-order valence-corrected chi connectivity index (χ4v) is 1.56. The summed E-state index contributed by atoms with van der Waals surface area (Å²) in [6, 6.07) is 3.44. The molecule has 1 unspecified atom stereocenters. The number of halogens is 1. The van der Waals surface area contributed by atoms with Crippen LogP contribution in [0.3, 0.4) is 0 Å². The zero-order valence-electron chi connectivity index (χ0n) is 9.31. The molecule has 0 radical (unpaired) electrons. The molecule has 0 fully saturated rings. The maximum absolute atomic E-state index is 11.5. The average molecular weight is 301 g/mol. The van der Waals surface area contributed by atoms with Crippen molar-refractivity contribution in [3.63, 3.8) is 0 Å². The second kappa shape index (κ2) is 6.34. The molecule has 5 nitrogen and oxygen atoms in total. The minimum Gasteiger partial charge on any atom is -0.481 e. The van der Waals surface area contributed by atoms with E-state index in [1.165, 1.54) is 0 Å². The Bertz CT molecular complexity index is 406. The van der Waals surface area contributed by atoms with Crippen molar-refractivity contribution >= 4 is 33.6 Å². The fourth-order valence-electron chi connectivity index (χ4n) is 1.33. The number of aliphatic carboxylic acids is 1. The first-order valence-corrected chi connectivity index (χ1v) is 5.90. The largest absolute Gasteiger partial charge is 0.481 e. The number of nitrogens with zero attached hydrogens (tertiary/aromatic N) is 1. The number of aromatic nitrogens is 1. The summed E-state index contributed by atoms with van der Waals surface area (Å²) in [6.45, 7) is 1.72. The van der Waals surface area contributed by atoms with Crippen LogP contribution in [0.5, 0.6) is 0 Å². The zero-order chi connectivity index (χ0) is 12.8. The highest BCUT2D eigenvalue weighted by Crippen LogP contribution is 2.12. The molecule has 1 atom stereocenters. The molecule has 0 spiro atoms. The lowest BCUT2D eigenvalue weighted by molar-refractivity contribution is -0.138. The summed E-state index contributed by atoms with van der Waals surface area (Å²) in [5, 5.41) is 11.2. The fraction of sp³-hybridized carbons (Fsp3) is 0.364. The molecule has 0 aromatic carbocycles. The van der Waals surface area contributed by atoms with Gasteiger partial charge in [-0.15, -0.1) is 0 Å². The molecule has 1 aromatic heterocycles. The van der Waals surface area contributed by atoms with Crippen LogP contribution in [0.2, 0.25) is 0 Å². The number of carboxylic acid groups (broad SMARTS) is 1. The van der Waals surface area contributed by atoms with E-state index in [0.717, 1.165) is 4.47 Å². The molecule has 0 aliphatic carbocycles. The molecule has 17 heavy (non-hydrogen) atoms. The Morgan fingerprint density at radius 3 is 2.71 bits per heavy atom. The van der Waals surface area contributed by atoms with E-state index in [0.29, 0.717) is 5.82 Å². The SMILES string of the molecule is CC(CC(=O)O)CC(=O)Nc1ccc(Br)cn1. The normalized spacial score (nSPS) is 11.9. The van der Waals surface area contributed by atoms with Crippen LogP contribution in [-0.2, 0) is 9.59 Å². The van der Waals surface area contributed by atoms with Gasteiger partial charge in [-0.2, -0.15) is 0 Å². The molecule has 0 aliphatic rings. The van der Waals surface area contributed by atoms with E-state index in [1.54, 1.807) is 25.3 Å². The second-order valence-corrected chi connectivity index (χ2v) is 4.73. The summed E-state index contributed by atoms with van der Waals surface area (Å²) in [4.78, 5) is 26.0. The summed E-state index contributed by atoms with van der Waals surface area (Å²) in [5.74, 6) is -0.857. The highest BCUT2D eigenvalue weighted by molar-refractivity contribution is 9.10. The van der Waals surface area contributed by atoms with Crippen molar-refractivity contribution in [1.29, 1.82) is 0 Å². The predicted octanol–water partition coefficient (Wildman–Crippen LogP) is 2.28. The molecule has 1 rings (SSSR count). The first kappa shape index (κ1) is 13.6. The molecule has 1 amide bonds. The van der Waals surface area contributed by atoms with E-state index in [4.69, 9.17) is 5.11 Å². The monoisotopic (exact) mass is 300 g/mol. The smallest absolute Gasteiger partial charge is 0.303 e. The molecule has 0 saturated carbocycles. The Hall–Kier alpha value is -1.43. The average Bonchev–Trinajstić information content (AvgIpc) is 2.19. The van der Waals surface area contributed by atoms with Crippen LogP contribution >= 0.6 is 15.9 Å². The molecule has 1 heterocycles. The molecule has 1 aromatic rings. The number of anilines is 1. The lowest BCUT2D eigenvalue weighted by Gasteiger charge is -2.08. The van der Waals surface area contributed by atoms with Gasteiger partial charge in [0.25, 0.3) is 0 Å². The Balaban J connectivity index is 2.44. The van der Waals surface area contributed by atoms with Crippen LogP contribution in [0.4, 0.5) is 5.82 Å².